The van der Waals surface area contributed by atoms with E-state index in [2.05, 4.69) is 24.0 Å². The van der Waals surface area contributed by atoms with Crippen LogP contribution in [0.5, 0.6) is 11.5 Å². The van der Waals surface area contributed by atoms with E-state index in [0.29, 0.717) is 23.7 Å². The van der Waals surface area contributed by atoms with Crippen LogP contribution in [0.25, 0.3) is 5.70 Å². The van der Waals surface area contributed by atoms with Gasteiger partial charge in [0.15, 0.2) is 11.5 Å². The topological polar surface area (TPSA) is 68.8 Å². The van der Waals surface area contributed by atoms with Crippen molar-refractivity contribution in [1.29, 1.82) is 0 Å². The van der Waals surface area contributed by atoms with E-state index >= 15 is 0 Å². The van der Waals surface area contributed by atoms with Gasteiger partial charge >= 0.3 is 0 Å². The van der Waals surface area contributed by atoms with Crippen molar-refractivity contribution in [2.45, 2.75) is 6.10 Å². The molecule has 1 aliphatic heterocycles. The molecule has 2 rings (SSSR count). The first-order valence-corrected chi connectivity index (χ1v) is 6.46. The van der Waals surface area contributed by atoms with Gasteiger partial charge in [-0.05, 0) is 18.2 Å². The van der Waals surface area contributed by atoms with Crippen LogP contribution in [0.4, 0.5) is 0 Å². The number of carbonyl (C=O) groups excluding carboxylic acids is 1. The highest BCUT2D eigenvalue weighted by atomic mass is 16.6. The van der Waals surface area contributed by atoms with E-state index < -0.39 is 6.10 Å². The number of amides is 1. The summed E-state index contributed by atoms with van der Waals surface area (Å²) in [4.78, 5) is 16.7. The van der Waals surface area contributed by atoms with E-state index in [4.69, 9.17) is 14.3 Å². The molecule has 0 bridgehead atoms. The molecule has 0 aliphatic carbocycles. The Morgan fingerprint density at radius 2 is 2.33 bits per heavy atom. The number of hydrogen-bond donors (Lipinski definition) is 2. The lowest BCUT2D eigenvalue weighted by Crippen LogP contribution is -2.44. The van der Waals surface area contributed by atoms with E-state index in [9.17, 15) is 4.79 Å². The van der Waals surface area contributed by atoms with Crippen molar-refractivity contribution in [3.8, 4) is 11.5 Å². The largest absolute Gasteiger partial charge is 0.485 e. The Morgan fingerprint density at radius 3 is 3.05 bits per heavy atom. The molecule has 1 heterocycles. The fourth-order valence-electron chi connectivity index (χ4n) is 1.86. The summed E-state index contributed by atoms with van der Waals surface area (Å²) in [7, 11) is 1.50. The standard InChI is InChI=1S/C15H18N2O4/c1-4-7-16-15(18)14-9-20-12-6-5-11(8-13(12)21-14)10(2)17-19-3/h4-6,8,14,17H,1-2,7,9H2,3H3,(H,16,18). The molecule has 1 aliphatic rings. The molecule has 6 nitrogen and oxygen atoms in total. The summed E-state index contributed by atoms with van der Waals surface area (Å²) in [5, 5.41) is 2.68. The first-order valence-electron chi connectivity index (χ1n) is 6.46. The molecular formula is C15H18N2O4. The molecule has 0 saturated carbocycles. The Bertz CT molecular complexity index is 557. The van der Waals surface area contributed by atoms with Crippen molar-refractivity contribution < 1.29 is 19.1 Å². The van der Waals surface area contributed by atoms with Crippen LogP contribution in [-0.4, -0.2) is 32.3 Å². The fourth-order valence-corrected chi connectivity index (χ4v) is 1.86. The molecule has 0 saturated heterocycles. The SMILES string of the molecule is C=CCNC(=O)C1COc2ccc(C(=C)NOC)cc2O1. The van der Waals surface area contributed by atoms with Crippen LogP contribution in [0.2, 0.25) is 0 Å². The van der Waals surface area contributed by atoms with Crippen LogP contribution in [-0.2, 0) is 9.63 Å². The summed E-state index contributed by atoms with van der Waals surface area (Å²) in [6.45, 7) is 7.94. The first kappa shape index (κ1) is 14.9. The Balaban J connectivity index is 2.11. The van der Waals surface area contributed by atoms with Gasteiger partial charge < -0.3 is 14.8 Å². The third-order valence-corrected chi connectivity index (χ3v) is 2.89. The summed E-state index contributed by atoms with van der Waals surface area (Å²) >= 11 is 0. The van der Waals surface area contributed by atoms with E-state index in [1.807, 2.05) is 6.07 Å². The van der Waals surface area contributed by atoms with Gasteiger partial charge in [0.2, 0.25) is 6.10 Å². The summed E-state index contributed by atoms with van der Waals surface area (Å²) in [5.41, 5.74) is 4.02. The molecule has 6 heteroatoms. The molecule has 1 atom stereocenters. The minimum atomic E-state index is -0.684. The molecule has 0 aromatic heterocycles. The fraction of sp³-hybridized carbons (Fsp3) is 0.267. The molecule has 112 valence electrons. The van der Waals surface area contributed by atoms with Gasteiger partial charge in [0.25, 0.3) is 5.91 Å². The maximum absolute atomic E-state index is 11.9. The zero-order valence-corrected chi connectivity index (χ0v) is 11.8. The minimum Gasteiger partial charge on any atom is -0.485 e. The molecule has 1 amide bonds. The lowest BCUT2D eigenvalue weighted by atomic mass is 10.1. The highest BCUT2D eigenvalue weighted by Gasteiger charge is 2.27. The Kier molecular flexibility index (Phi) is 4.84. The molecular weight excluding hydrogens is 272 g/mol. The predicted molar refractivity (Wildman–Crippen MR) is 78.7 cm³/mol. The van der Waals surface area contributed by atoms with Gasteiger partial charge in [-0.15, -0.1) is 6.58 Å². The monoisotopic (exact) mass is 290 g/mol. The number of hydroxylamine groups is 1. The van der Waals surface area contributed by atoms with E-state index in [1.54, 1.807) is 18.2 Å². The molecule has 2 N–H and O–H groups in total. The van der Waals surface area contributed by atoms with Gasteiger partial charge in [-0.25, -0.2) is 0 Å². The third-order valence-electron chi connectivity index (χ3n) is 2.89. The van der Waals surface area contributed by atoms with Gasteiger partial charge in [-0.1, -0.05) is 12.7 Å². The van der Waals surface area contributed by atoms with Crippen LogP contribution in [0.1, 0.15) is 5.56 Å². The number of nitrogens with one attached hydrogen (secondary N) is 2. The van der Waals surface area contributed by atoms with Crippen molar-refractivity contribution in [3.63, 3.8) is 0 Å². The van der Waals surface area contributed by atoms with Gasteiger partial charge in [-0.3, -0.25) is 15.1 Å². The Hall–Kier alpha value is -2.47. The Labute approximate surface area is 123 Å². The number of fused-ring (bicyclic) bond motifs is 1. The van der Waals surface area contributed by atoms with Crippen LogP contribution in [0.3, 0.4) is 0 Å². The average Bonchev–Trinajstić information content (AvgIpc) is 2.51. The summed E-state index contributed by atoms with van der Waals surface area (Å²) in [5.74, 6) is 0.855. The predicted octanol–water partition coefficient (Wildman–Crippen LogP) is 1.25. The highest BCUT2D eigenvalue weighted by molar-refractivity contribution is 5.82. The molecule has 0 fully saturated rings. The quantitative estimate of drug-likeness (QED) is 0.609. The average molecular weight is 290 g/mol. The van der Waals surface area contributed by atoms with Crippen LogP contribution >= 0.6 is 0 Å². The minimum absolute atomic E-state index is 0.173. The number of carbonyl (C=O) groups is 1. The van der Waals surface area contributed by atoms with Crippen LogP contribution in [0, 0.1) is 0 Å². The summed E-state index contributed by atoms with van der Waals surface area (Å²) in [6, 6.07) is 5.34. The molecule has 21 heavy (non-hydrogen) atoms. The number of hydrogen-bond acceptors (Lipinski definition) is 5. The molecule has 0 radical (unpaired) electrons. The normalized spacial score (nSPS) is 16.0. The highest BCUT2D eigenvalue weighted by Crippen LogP contribution is 2.33. The zero-order chi connectivity index (χ0) is 15.2. The third kappa shape index (κ3) is 3.55. The molecule has 0 spiro atoms. The lowest BCUT2D eigenvalue weighted by Gasteiger charge is -2.26. The van der Waals surface area contributed by atoms with Crippen molar-refractivity contribution in [1.82, 2.24) is 10.8 Å². The van der Waals surface area contributed by atoms with Crippen LogP contribution < -0.4 is 20.3 Å². The smallest absolute Gasteiger partial charge is 0.264 e. The number of rotatable bonds is 6. The summed E-state index contributed by atoms with van der Waals surface area (Å²) < 4.78 is 11.2. The first-order chi connectivity index (χ1) is 10.2. The second-order valence-corrected chi connectivity index (χ2v) is 4.40. The van der Waals surface area contributed by atoms with E-state index in [1.165, 1.54) is 7.11 Å². The number of benzene rings is 1. The van der Waals surface area contributed by atoms with E-state index in [-0.39, 0.29) is 12.5 Å². The van der Waals surface area contributed by atoms with Crippen molar-refractivity contribution >= 4 is 11.6 Å². The van der Waals surface area contributed by atoms with Crippen molar-refractivity contribution in [3.05, 3.63) is 43.0 Å². The second-order valence-electron chi connectivity index (χ2n) is 4.40. The number of ether oxygens (including phenoxy) is 2. The second kappa shape index (κ2) is 6.81. The zero-order valence-electron chi connectivity index (χ0n) is 11.8. The molecule has 1 aromatic carbocycles. The van der Waals surface area contributed by atoms with E-state index in [0.717, 1.165) is 5.56 Å². The van der Waals surface area contributed by atoms with Gasteiger partial charge in [0.1, 0.15) is 6.61 Å². The maximum atomic E-state index is 11.9. The summed E-state index contributed by atoms with van der Waals surface area (Å²) in [6.07, 6.45) is 0.921. The lowest BCUT2D eigenvalue weighted by molar-refractivity contribution is -0.130. The van der Waals surface area contributed by atoms with Crippen molar-refractivity contribution in [2.75, 3.05) is 20.3 Å². The Morgan fingerprint density at radius 1 is 1.52 bits per heavy atom. The maximum Gasteiger partial charge on any atom is 0.264 e. The van der Waals surface area contributed by atoms with Gasteiger partial charge in [0.05, 0.1) is 12.8 Å². The van der Waals surface area contributed by atoms with Crippen LogP contribution in [0.15, 0.2) is 37.4 Å². The van der Waals surface area contributed by atoms with Gasteiger partial charge in [0, 0.05) is 12.1 Å². The molecule has 1 unspecified atom stereocenters. The van der Waals surface area contributed by atoms with Gasteiger partial charge in [-0.2, -0.15) is 0 Å². The van der Waals surface area contributed by atoms with Crippen molar-refractivity contribution in [2.24, 2.45) is 0 Å². The molecule has 1 aromatic rings.